The van der Waals surface area contributed by atoms with Gasteiger partial charge in [-0.05, 0) is 33.3 Å². The molecule has 0 bridgehead atoms. The Balaban J connectivity index is 1.84. The standard InChI is InChI=1S/C20H29N5S/c1-13(2)17(14(3)4)16-11-26-19-18(16)22-12-23-20(19)24-15(5)10-25-8-6-21-7-9-25/h11-12,15,21H,1,6-10H2,2-5H3,(H,22,23,24)/t15-/m0/s1. The van der Waals surface area contributed by atoms with Crippen LogP contribution in [0.5, 0.6) is 0 Å². The average molecular weight is 372 g/mol. The van der Waals surface area contributed by atoms with Gasteiger partial charge in [-0.3, -0.25) is 4.90 Å². The fourth-order valence-electron chi connectivity index (χ4n) is 3.62. The predicted molar refractivity (Wildman–Crippen MR) is 113 cm³/mol. The molecule has 2 N–H and O–H groups in total. The van der Waals surface area contributed by atoms with Crippen LogP contribution in [0, 0.1) is 0 Å². The van der Waals surface area contributed by atoms with Gasteiger partial charge in [-0.1, -0.05) is 17.7 Å². The van der Waals surface area contributed by atoms with Crippen LogP contribution in [0.4, 0.5) is 5.82 Å². The quantitative estimate of drug-likeness (QED) is 0.757. The molecule has 3 heterocycles. The first kappa shape index (κ1) is 19.0. The number of thiophene rings is 1. The highest BCUT2D eigenvalue weighted by Crippen LogP contribution is 2.36. The summed E-state index contributed by atoms with van der Waals surface area (Å²) in [6, 6.07) is 0.334. The molecule has 2 aromatic heterocycles. The summed E-state index contributed by atoms with van der Waals surface area (Å²) in [6.45, 7) is 18.1. The lowest BCUT2D eigenvalue weighted by atomic mass is 9.97. The minimum Gasteiger partial charge on any atom is -0.365 e. The largest absolute Gasteiger partial charge is 0.365 e. The first-order chi connectivity index (χ1) is 12.5. The molecule has 2 aromatic rings. The normalized spacial score (nSPS) is 16.5. The van der Waals surface area contributed by atoms with E-state index >= 15 is 0 Å². The molecule has 0 aromatic carbocycles. The van der Waals surface area contributed by atoms with Gasteiger partial charge in [0.1, 0.15) is 12.1 Å². The highest BCUT2D eigenvalue weighted by Gasteiger charge is 2.18. The summed E-state index contributed by atoms with van der Waals surface area (Å²) < 4.78 is 1.12. The van der Waals surface area contributed by atoms with Crippen molar-refractivity contribution in [1.29, 1.82) is 0 Å². The van der Waals surface area contributed by atoms with Gasteiger partial charge >= 0.3 is 0 Å². The third-order valence-corrected chi connectivity index (χ3v) is 5.65. The van der Waals surface area contributed by atoms with Crippen molar-refractivity contribution in [3.63, 3.8) is 0 Å². The fraction of sp³-hybridized carbons (Fsp3) is 0.500. The Morgan fingerprint density at radius 3 is 2.69 bits per heavy atom. The maximum atomic E-state index is 4.58. The van der Waals surface area contributed by atoms with Crippen LogP contribution >= 0.6 is 11.3 Å². The van der Waals surface area contributed by atoms with Crippen LogP contribution in [0.15, 0.2) is 29.4 Å². The monoisotopic (exact) mass is 371 g/mol. The number of rotatable bonds is 6. The Hall–Kier alpha value is -1.76. The Bertz CT molecular complexity index is 813. The molecule has 5 nitrogen and oxygen atoms in total. The van der Waals surface area contributed by atoms with E-state index in [0.717, 1.165) is 59.9 Å². The average Bonchev–Trinajstić information content (AvgIpc) is 3.00. The van der Waals surface area contributed by atoms with Gasteiger partial charge < -0.3 is 10.6 Å². The lowest BCUT2D eigenvalue weighted by Crippen LogP contribution is -2.47. The number of nitrogens with one attached hydrogen (secondary N) is 2. The van der Waals surface area contributed by atoms with Crippen molar-refractivity contribution >= 4 is 32.9 Å². The first-order valence-electron chi connectivity index (χ1n) is 9.23. The van der Waals surface area contributed by atoms with Crippen molar-refractivity contribution in [2.24, 2.45) is 0 Å². The summed E-state index contributed by atoms with van der Waals surface area (Å²) in [5.41, 5.74) is 5.72. The van der Waals surface area contributed by atoms with E-state index in [-0.39, 0.29) is 0 Å². The van der Waals surface area contributed by atoms with Crippen molar-refractivity contribution in [3.8, 4) is 0 Å². The Morgan fingerprint density at radius 1 is 1.31 bits per heavy atom. The Morgan fingerprint density at radius 2 is 2.04 bits per heavy atom. The minimum atomic E-state index is 0.334. The molecule has 0 radical (unpaired) electrons. The highest BCUT2D eigenvalue weighted by atomic mass is 32.1. The van der Waals surface area contributed by atoms with Crippen molar-refractivity contribution < 1.29 is 0 Å². The molecule has 1 fully saturated rings. The van der Waals surface area contributed by atoms with Crippen LogP contribution in [-0.4, -0.2) is 53.6 Å². The van der Waals surface area contributed by atoms with Gasteiger partial charge in [-0.2, -0.15) is 0 Å². The van der Waals surface area contributed by atoms with E-state index < -0.39 is 0 Å². The number of hydrogen-bond donors (Lipinski definition) is 2. The zero-order valence-electron chi connectivity index (χ0n) is 16.2. The number of fused-ring (bicyclic) bond motifs is 1. The van der Waals surface area contributed by atoms with E-state index in [2.05, 4.69) is 65.2 Å². The van der Waals surface area contributed by atoms with Crippen molar-refractivity contribution in [3.05, 3.63) is 35.0 Å². The van der Waals surface area contributed by atoms with E-state index in [1.54, 1.807) is 17.7 Å². The van der Waals surface area contributed by atoms with E-state index in [0.29, 0.717) is 6.04 Å². The van der Waals surface area contributed by atoms with Gasteiger partial charge in [0.15, 0.2) is 0 Å². The smallest absolute Gasteiger partial charge is 0.147 e. The van der Waals surface area contributed by atoms with Crippen molar-refractivity contribution in [2.75, 3.05) is 38.0 Å². The molecular formula is C20H29N5S. The zero-order valence-corrected chi connectivity index (χ0v) is 17.0. The van der Waals surface area contributed by atoms with Crippen molar-refractivity contribution in [1.82, 2.24) is 20.2 Å². The molecule has 1 atom stereocenters. The molecule has 0 spiro atoms. The Labute approximate surface area is 160 Å². The van der Waals surface area contributed by atoms with Crippen LogP contribution in [0.25, 0.3) is 15.8 Å². The molecule has 0 aliphatic carbocycles. The second-order valence-corrected chi connectivity index (χ2v) is 8.18. The summed E-state index contributed by atoms with van der Waals surface area (Å²) >= 11 is 1.71. The Kier molecular flexibility index (Phi) is 6.06. The molecule has 1 saturated heterocycles. The maximum Gasteiger partial charge on any atom is 0.147 e. The number of allylic oxidation sites excluding steroid dienone is 3. The molecule has 0 amide bonds. The number of anilines is 1. The van der Waals surface area contributed by atoms with E-state index in [9.17, 15) is 0 Å². The van der Waals surface area contributed by atoms with Crippen LogP contribution in [0.3, 0.4) is 0 Å². The second-order valence-electron chi connectivity index (χ2n) is 7.30. The number of piperazine rings is 1. The lowest BCUT2D eigenvalue weighted by molar-refractivity contribution is 0.235. The molecule has 26 heavy (non-hydrogen) atoms. The van der Waals surface area contributed by atoms with Crippen LogP contribution in [0.2, 0.25) is 0 Å². The summed E-state index contributed by atoms with van der Waals surface area (Å²) in [6.07, 6.45) is 1.67. The molecule has 0 unspecified atom stereocenters. The van der Waals surface area contributed by atoms with Crippen LogP contribution in [-0.2, 0) is 0 Å². The molecule has 6 heteroatoms. The fourth-order valence-corrected chi connectivity index (χ4v) is 4.58. The van der Waals surface area contributed by atoms with Crippen LogP contribution in [0.1, 0.15) is 33.3 Å². The van der Waals surface area contributed by atoms with Crippen LogP contribution < -0.4 is 10.6 Å². The van der Waals surface area contributed by atoms with Gasteiger partial charge in [-0.25, -0.2) is 9.97 Å². The van der Waals surface area contributed by atoms with Gasteiger partial charge in [0, 0.05) is 49.7 Å². The third kappa shape index (κ3) is 4.14. The SMILES string of the molecule is C=C(C)C(=C(C)C)c1csc2c(N[C@@H](C)CN3CCNCC3)ncnc12. The predicted octanol–water partition coefficient (Wildman–Crippen LogP) is 3.77. The molecule has 0 saturated carbocycles. The van der Waals surface area contributed by atoms with Gasteiger partial charge in [0.05, 0.1) is 10.2 Å². The molecule has 1 aliphatic heterocycles. The number of aromatic nitrogens is 2. The summed E-state index contributed by atoms with van der Waals surface area (Å²) in [7, 11) is 0. The first-order valence-corrected chi connectivity index (χ1v) is 10.1. The minimum absolute atomic E-state index is 0.334. The highest BCUT2D eigenvalue weighted by molar-refractivity contribution is 7.18. The van der Waals surface area contributed by atoms with Gasteiger partial charge in [0.25, 0.3) is 0 Å². The zero-order chi connectivity index (χ0) is 18.7. The van der Waals surface area contributed by atoms with Crippen molar-refractivity contribution in [2.45, 2.75) is 33.7 Å². The lowest BCUT2D eigenvalue weighted by Gasteiger charge is -2.30. The third-order valence-electron chi connectivity index (χ3n) is 4.67. The van der Waals surface area contributed by atoms with Gasteiger partial charge in [-0.15, -0.1) is 11.3 Å². The van der Waals surface area contributed by atoms with E-state index in [1.807, 2.05) is 0 Å². The second kappa shape index (κ2) is 8.29. The van der Waals surface area contributed by atoms with Gasteiger partial charge in [0.2, 0.25) is 0 Å². The molecule has 3 rings (SSSR count). The summed E-state index contributed by atoms with van der Waals surface area (Å²) in [5, 5.41) is 9.19. The maximum absolute atomic E-state index is 4.58. The summed E-state index contributed by atoms with van der Waals surface area (Å²) in [4.78, 5) is 11.6. The van der Waals surface area contributed by atoms with E-state index in [4.69, 9.17) is 0 Å². The molecular weight excluding hydrogens is 342 g/mol. The topological polar surface area (TPSA) is 53.1 Å². The number of nitrogens with zero attached hydrogens (tertiary/aromatic N) is 3. The summed E-state index contributed by atoms with van der Waals surface area (Å²) in [5.74, 6) is 0.934. The molecule has 140 valence electrons. The number of hydrogen-bond acceptors (Lipinski definition) is 6. The van der Waals surface area contributed by atoms with E-state index in [1.165, 1.54) is 11.1 Å². The molecule has 1 aliphatic rings.